The second kappa shape index (κ2) is 6.24. The first-order chi connectivity index (χ1) is 5.52. The van der Waals surface area contributed by atoms with Crippen molar-refractivity contribution in [2.45, 2.75) is 53.1 Å². The van der Waals surface area contributed by atoms with Gasteiger partial charge in [0, 0.05) is 0 Å². The van der Waals surface area contributed by atoms with E-state index in [1.807, 2.05) is 6.92 Å². The third kappa shape index (κ3) is 7.80. The van der Waals surface area contributed by atoms with Crippen LogP contribution in [0.2, 0.25) is 0 Å². The van der Waals surface area contributed by atoms with Gasteiger partial charge in [-0.25, -0.2) is 0 Å². The van der Waals surface area contributed by atoms with Gasteiger partial charge in [-0.1, -0.05) is 25.5 Å². The SMILES string of the molecule is C/C(=C/CC(C)O)CCC(C)C. The van der Waals surface area contributed by atoms with Crippen LogP contribution in [0, 0.1) is 5.92 Å². The topological polar surface area (TPSA) is 20.2 Å². The summed E-state index contributed by atoms with van der Waals surface area (Å²) in [4.78, 5) is 0. The van der Waals surface area contributed by atoms with E-state index in [2.05, 4.69) is 26.8 Å². The van der Waals surface area contributed by atoms with Gasteiger partial charge in [-0.2, -0.15) is 0 Å². The van der Waals surface area contributed by atoms with Crippen LogP contribution in [0.1, 0.15) is 47.0 Å². The summed E-state index contributed by atoms with van der Waals surface area (Å²) in [5.74, 6) is 0.778. The van der Waals surface area contributed by atoms with E-state index in [9.17, 15) is 0 Å². The lowest BCUT2D eigenvalue weighted by Crippen LogP contribution is -1.96. The Balaban J connectivity index is 3.56. The number of rotatable bonds is 5. The maximum absolute atomic E-state index is 9.03. The zero-order chi connectivity index (χ0) is 9.56. The third-order valence-corrected chi connectivity index (χ3v) is 1.92. The number of hydrogen-bond donors (Lipinski definition) is 1. The van der Waals surface area contributed by atoms with Gasteiger partial charge >= 0.3 is 0 Å². The summed E-state index contributed by atoms with van der Waals surface area (Å²) < 4.78 is 0. The highest BCUT2D eigenvalue weighted by Gasteiger charge is 1.96. The highest BCUT2D eigenvalue weighted by molar-refractivity contribution is 4.98. The highest BCUT2D eigenvalue weighted by Crippen LogP contribution is 2.11. The lowest BCUT2D eigenvalue weighted by atomic mass is 10.0. The molecule has 1 unspecified atom stereocenters. The van der Waals surface area contributed by atoms with Crippen LogP contribution in [0.4, 0.5) is 0 Å². The molecule has 0 aromatic rings. The van der Waals surface area contributed by atoms with Crippen molar-refractivity contribution in [1.29, 1.82) is 0 Å². The molecule has 0 radical (unpaired) electrons. The molecule has 1 N–H and O–H groups in total. The molecule has 0 aliphatic heterocycles. The zero-order valence-electron chi connectivity index (χ0n) is 8.80. The number of allylic oxidation sites excluding steroid dienone is 1. The largest absolute Gasteiger partial charge is 0.393 e. The molecule has 1 nitrogen and oxygen atoms in total. The summed E-state index contributed by atoms with van der Waals surface area (Å²) in [6.07, 6.45) is 5.17. The molecule has 0 fully saturated rings. The minimum absolute atomic E-state index is 0.195. The van der Waals surface area contributed by atoms with Crippen molar-refractivity contribution in [3.05, 3.63) is 11.6 Å². The molecule has 0 spiro atoms. The van der Waals surface area contributed by atoms with Crippen LogP contribution in [0.3, 0.4) is 0 Å². The maximum Gasteiger partial charge on any atom is 0.0546 e. The number of hydrogen-bond acceptors (Lipinski definition) is 1. The average molecular weight is 170 g/mol. The van der Waals surface area contributed by atoms with Crippen LogP contribution < -0.4 is 0 Å². The highest BCUT2D eigenvalue weighted by atomic mass is 16.3. The van der Waals surface area contributed by atoms with E-state index in [4.69, 9.17) is 5.11 Å². The van der Waals surface area contributed by atoms with Crippen LogP contribution in [0.5, 0.6) is 0 Å². The van der Waals surface area contributed by atoms with Gasteiger partial charge in [0.25, 0.3) is 0 Å². The van der Waals surface area contributed by atoms with Crippen LogP contribution >= 0.6 is 0 Å². The molecule has 1 heteroatoms. The molecule has 0 aliphatic carbocycles. The van der Waals surface area contributed by atoms with Crippen molar-refractivity contribution in [3.63, 3.8) is 0 Å². The van der Waals surface area contributed by atoms with Gasteiger partial charge in [0.2, 0.25) is 0 Å². The van der Waals surface area contributed by atoms with Gasteiger partial charge < -0.3 is 5.11 Å². The summed E-state index contributed by atoms with van der Waals surface area (Å²) in [5, 5.41) is 9.03. The minimum Gasteiger partial charge on any atom is -0.393 e. The Bertz CT molecular complexity index is 134. The lowest BCUT2D eigenvalue weighted by molar-refractivity contribution is 0.198. The van der Waals surface area contributed by atoms with E-state index in [0.29, 0.717) is 0 Å². The van der Waals surface area contributed by atoms with Crippen molar-refractivity contribution in [3.8, 4) is 0 Å². The van der Waals surface area contributed by atoms with Crippen LogP contribution in [-0.2, 0) is 0 Å². The molecule has 0 saturated carbocycles. The maximum atomic E-state index is 9.03. The Morgan fingerprint density at radius 3 is 2.33 bits per heavy atom. The molecule has 0 bridgehead atoms. The van der Waals surface area contributed by atoms with Gasteiger partial charge in [0.1, 0.15) is 0 Å². The first-order valence-electron chi connectivity index (χ1n) is 4.86. The molecule has 0 amide bonds. The average Bonchev–Trinajstić information content (AvgIpc) is 1.96. The van der Waals surface area contributed by atoms with Gasteiger partial charge in [0.15, 0.2) is 0 Å². The van der Waals surface area contributed by atoms with Gasteiger partial charge in [-0.05, 0) is 39.0 Å². The monoisotopic (exact) mass is 170 g/mol. The molecule has 12 heavy (non-hydrogen) atoms. The molecular weight excluding hydrogens is 148 g/mol. The van der Waals surface area contributed by atoms with Crippen molar-refractivity contribution >= 4 is 0 Å². The second-order valence-electron chi connectivity index (χ2n) is 4.07. The van der Waals surface area contributed by atoms with Crippen LogP contribution in [0.15, 0.2) is 11.6 Å². The molecule has 0 aliphatic rings. The minimum atomic E-state index is -0.195. The first kappa shape index (κ1) is 11.7. The molecule has 0 heterocycles. The third-order valence-electron chi connectivity index (χ3n) is 1.92. The molecular formula is C11H22O. The number of aliphatic hydroxyl groups excluding tert-OH is 1. The van der Waals surface area contributed by atoms with Crippen molar-refractivity contribution in [2.24, 2.45) is 5.92 Å². The summed E-state index contributed by atoms with van der Waals surface area (Å²) in [6.45, 7) is 8.45. The smallest absolute Gasteiger partial charge is 0.0546 e. The molecule has 0 rings (SSSR count). The van der Waals surface area contributed by atoms with Crippen molar-refractivity contribution in [2.75, 3.05) is 0 Å². The molecule has 1 atom stereocenters. The van der Waals surface area contributed by atoms with Gasteiger partial charge in [-0.15, -0.1) is 0 Å². The summed E-state index contributed by atoms with van der Waals surface area (Å²) in [6, 6.07) is 0. The fraction of sp³-hybridized carbons (Fsp3) is 0.818. The van der Waals surface area contributed by atoms with E-state index >= 15 is 0 Å². The Morgan fingerprint density at radius 2 is 1.92 bits per heavy atom. The Morgan fingerprint density at radius 1 is 1.33 bits per heavy atom. The molecule has 72 valence electrons. The van der Waals surface area contributed by atoms with Gasteiger partial charge in [-0.3, -0.25) is 0 Å². The summed E-state index contributed by atoms with van der Waals surface area (Å²) in [5.41, 5.74) is 1.41. The normalized spacial score (nSPS) is 15.3. The fourth-order valence-electron chi connectivity index (χ4n) is 0.990. The molecule has 0 saturated heterocycles. The van der Waals surface area contributed by atoms with E-state index in [1.54, 1.807) is 0 Å². The standard InChI is InChI=1S/C11H22O/c1-9(2)5-6-10(3)7-8-11(4)12/h7,9,11-12H,5-6,8H2,1-4H3/b10-7-. The van der Waals surface area contributed by atoms with Crippen LogP contribution in [0.25, 0.3) is 0 Å². The van der Waals surface area contributed by atoms with Crippen molar-refractivity contribution in [1.82, 2.24) is 0 Å². The van der Waals surface area contributed by atoms with E-state index < -0.39 is 0 Å². The van der Waals surface area contributed by atoms with E-state index in [0.717, 1.165) is 12.3 Å². The molecule has 0 aromatic carbocycles. The Hall–Kier alpha value is -0.300. The van der Waals surface area contributed by atoms with Crippen molar-refractivity contribution < 1.29 is 5.11 Å². The predicted octanol–water partition coefficient (Wildman–Crippen LogP) is 3.14. The zero-order valence-corrected chi connectivity index (χ0v) is 8.80. The van der Waals surface area contributed by atoms with E-state index in [-0.39, 0.29) is 6.10 Å². The quantitative estimate of drug-likeness (QED) is 0.628. The summed E-state index contributed by atoms with van der Waals surface area (Å²) >= 11 is 0. The Kier molecular flexibility index (Phi) is 6.09. The fourth-order valence-corrected chi connectivity index (χ4v) is 0.990. The lowest BCUT2D eigenvalue weighted by Gasteiger charge is -2.05. The Labute approximate surface area is 76.5 Å². The van der Waals surface area contributed by atoms with Crippen LogP contribution in [-0.4, -0.2) is 11.2 Å². The van der Waals surface area contributed by atoms with Gasteiger partial charge in [0.05, 0.1) is 6.10 Å². The number of aliphatic hydroxyl groups is 1. The predicted molar refractivity (Wildman–Crippen MR) is 54.1 cm³/mol. The second-order valence-corrected chi connectivity index (χ2v) is 4.07. The first-order valence-corrected chi connectivity index (χ1v) is 4.86. The molecule has 0 aromatic heterocycles. The van der Waals surface area contributed by atoms with E-state index in [1.165, 1.54) is 18.4 Å². The summed E-state index contributed by atoms with van der Waals surface area (Å²) in [7, 11) is 0.